The molecule has 0 amide bonds. The lowest BCUT2D eigenvalue weighted by atomic mass is 10.2. The zero-order valence-corrected chi connectivity index (χ0v) is 10.4. The molecule has 0 aliphatic carbocycles. The van der Waals surface area contributed by atoms with Crippen molar-refractivity contribution in [1.82, 2.24) is 4.90 Å². The van der Waals surface area contributed by atoms with Crippen molar-refractivity contribution in [3.63, 3.8) is 0 Å². The molecule has 0 spiro atoms. The van der Waals surface area contributed by atoms with Crippen LogP contribution < -0.4 is 0 Å². The van der Waals surface area contributed by atoms with Crippen molar-refractivity contribution in [2.75, 3.05) is 13.1 Å². The quantitative estimate of drug-likeness (QED) is 0.633. The van der Waals surface area contributed by atoms with Gasteiger partial charge < -0.3 is 0 Å². The van der Waals surface area contributed by atoms with E-state index >= 15 is 0 Å². The molecule has 5 heteroatoms. The van der Waals surface area contributed by atoms with Gasteiger partial charge in [0.1, 0.15) is 0 Å². The van der Waals surface area contributed by atoms with Crippen LogP contribution in [0.4, 0.5) is 5.69 Å². The minimum atomic E-state index is -0.350. The molecule has 16 heavy (non-hydrogen) atoms. The molecule has 0 unspecified atom stereocenters. The molecule has 1 aromatic carbocycles. The summed E-state index contributed by atoms with van der Waals surface area (Å²) in [6.45, 7) is 2.98. The second-order valence-electron chi connectivity index (χ2n) is 3.99. The van der Waals surface area contributed by atoms with E-state index in [1.807, 2.05) is 6.07 Å². The molecule has 1 fully saturated rings. The first-order valence-electron chi connectivity index (χ1n) is 5.32. The number of nitrogens with zero attached hydrogens (tertiary/aromatic N) is 2. The number of nitro groups is 1. The van der Waals surface area contributed by atoms with Crippen LogP contribution in [0.25, 0.3) is 0 Å². The summed E-state index contributed by atoms with van der Waals surface area (Å²) in [4.78, 5) is 12.7. The van der Waals surface area contributed by atoms with Gasteiger partial charge in [0.25, 0.3) is 5.69 Å². The van der Waals surface area contributed by atoms with E-state index in [2.05, 4.69) is 20.8 Å². The highest BCUT2D eigenvalue weighted by molar-refractivity contribution is 9.10. The van der Waals surface area contributed by atoms with Gasteiger partial charge in [-0.25, -0.2) is 0 Å². The van der Waals surface area contributed by atoms with Crippen LogP contribution in [0.15, 0.2) is 22.7 Å². The van der Waals surface area contributed by atoms with Crippen molar-refractivity contribution in [3.8, 4) is 0 Å². The molecule has 1 saturated heterocycles. The largest absolute Gasteiger partial charge is 0.299 e. The lowest BCUT2D eigenvalue weighted by Gasteiger charge is -2.15. The Hall–Kier alpha value is -0.940. The topological polar surface area (TPSA) is 46.4 Å². The number of halogens is 1. The van der Waals surface area contributed by atoms with Gasteiger partial charge in [-0.15, -0.1) is 0 Å². The second-order valence-corrected chi connectivity index (χ2v) is 4.78. The first-order chi connectivity index (χ1) is 7.68. The summed E-state index contributed by atoms with van der Waals surface area (Å²) in [7, 11) is 0. The molecule has 0 saturated carbocycles. The van der Waals surface area contributed by atoms with Gasteiger partial charge in [-0.3, -0.25) is 15.0 Å². The molecular formula is C11H13BrN2O2. The molecule has 0 N–H and O–H groups in total. The maximum atomic E-state index is 10.8. The molecular weight excluding hydrogens is 272 g/mol. The molecule has 1 heterocycles. The molecule has 1 aromatic rings. The van der Waals surface area contributed by atoms with Gasteiger partial charge in [-0.05, 0) is 47.4 Å². The van der Waals surface area contributed by atoms with Crippen molar-refractivity contribution < 1.29 is 4.92 Å². The fraction of sp³-hybridized carbons (Fsp3) is 0.455. The third-order valence-corrected chi connectivity index (χ3v) is 3.76. The molecule has 0 bridgehead atoms. The summed E-state index contributed by atoms with van der Waals surface area (Å²) in [5, 5.41) is 10.8. The van der Waals surface area contributed by atoms with Gasteiger partial charge in [0, 0.05) is 12.6 Å². The highest BCUT2D eigenvalue weighted by Gasteiger charge is 2.18. The van der Waals surface area contributed by atoms with Gasteiger partial charge in [0.2, 0.25) is 0 Å². The highest BCUT2D eigenvalue weighted by atomic mass is 79.9. The minimum Gasteiger partial charge on any atom is -0.299 e. The second kappa shape index (κ2) is 4.93. The molecule has 0 atom stereocenters. The Bertz CT molecular complexity index is 403. The average molecular weight is 285 g/mol. The molecule has 1 aliphatic rings. The van der Waals surface area contributed by atoms with E-state index in [-0.39, 0.29) is 10.6 Å². The van der Waals surface area contributed by atoms with Crippen molar-refractivity contribution in [2.24, 2.45) is 0 Å². The Morgan fingerprint density at radius 3 is 2.69 bits per heavy atom. The highest BCUT2D eigenvalue weighted by Crippen LogP contribution is 2.29. The lowest BCUT2D eigenvalue weighted by molar-refractivity contribution is -0.385. The molecule has 4 nitrogen and oxygen atoms in total. The predicted octanol–water partition coefficient (Wildman–Crippen LogP) is 2.95. The van der Waals surface area contributed by atoms with Gasteiger partial charge >= 0.3 is 0 Å². The van der Waals surface area contributed by atoms with E-state index in [1.54, 1.807) is 6.07 Å². The number of hydrogen-bond donors (Lipinski definition) is 0. The van der Waals surface area contributed by atoms with Crippen molar-refractivity contribution in [1.29, 1.82) is 0 Å². The summed E-state index contributed by atoms with van der Waals surface area (Å²) < 4.78 is 0.618. The molecule has 0 aromatic heterocycles. The third kappa shape index (κ3) is 2.41. The monoisotopic (exact) mass is 284 g/mol. The zero-order valence-electron chi connectivity index (χ0n) is 8.86. The van der Waals surface area contributed by atoms with Crippen molar-refractivity contribution >= 4 is 21.6 Å². The van der Waals surface area contributed by atoms with Crippen LogP contribution in [0, 0.1) is 10.1 Å². The lowest BCUT2D eigenvalue weighted by Crippen LogP contribution is -2.18. The van der Waals surface area contributed by atoms with Crippen LogP contribution in [0.3, 0.4) is 0 Å². The normalized spacial score (nSPS) is 16.6. The Morgan fingerprint density at radius 1 is 1.38 bits per heavy atom. The molecule has 86 valence electrons. The van der Waals surface area contributed by atoms with Gasteiger partial charge in [0.05, 0.1) is 9.40 Å². The van der Waals surface area contributed by atoms with Crippen LogP contribution in [-0.4, -0.2) is 22.9 Å². The first-order valence-corrected chi connectivity index (χ1v) is 6.12. The summed E-state index contributed by atoms with van der Waals surface area (Å²) >= 11 is 3.32. The summed E-state index contributed by atoms with van der Waals surface area (Å²) in [5.41, 5.74) is 1.15. The number of benzene rings is 1. The summed E-state index contributed by atoms with van der Waals surface area (Å²) in [6.07, 6.45) is 2.46. The van der Waals surface area contributed by atoms with E-state index in [1.165, 1.54) is 18.9 Å². The predicted molar refractivity (Wildman–Crippen MR) is 65.3 cm³/mol. The SMILES string of the molecule is O=[N+]([O-])c1cccc(CN2CCCC2)c1Br. The maximum Gasteiger partial charge on any atom is 0.283 e. The fourth-order valence-corrected chi connectivity index (χ4v) is 2.55. The van der Waals surface area contributed by atoms with Crippen molar-refractivity contribution in [2.45, 2.75) is 19.4 Å². The van der Waals surface area contributed by atoms with E-state index < -0.39 is 0 Å². The van der Waals surface area contributed by atoms with Crippen LogP contribution >= 0.6 is 15.9 Å². The number of nitro benzene ring substituents is 1. The third-order valence-electron chi connectivity index (χ3n) is 2.85. The molecule has 1 aliphatic heterocycles. The molecule has 2 rings (SSSR count). The van der Waals surface area contributed by atoms with Crippen LogP contribution in [-0.2, 0) is 6.54 Å². The van der Waals surface area contributed by atoms with Gasteiger partial charge in [-0.1, -0.05) is 12.1 Å². The number of rotatable bonds is 3. The maximum absolute atomic E-state index is 10.8. The average Bonchev–Trinajstić information content (AvgIpc) is 2.73. The van der Waals surface area contributed by atoms with Gasteiger partial charge in [0.15, 0.2) is 0 Å². The molecule has 0 radical (unpaired) electrons. The van der Waals surface area contributed by atoms with E-state index in [0.29, 0.717) is 4.47 Å². The van der Waals surface area contributed by atoms with E-state index in [4.69, 9.17) is 0 Å². The van der Waals surface area contributed by atoms with Crippen molar-refractivity contribution in [3.05, 3.63) is 38.3 Å². The summed E-state index contributed by atoms with van der Waals surface area (Å²) in [6, 6.07) is 5.21. The Balaban J connectivity index is 2.20. The standard InChI is InChI=1S/C11H13BrN2O2/c12-11-9(8-13-6-1-2-7-13)4-3-5-10(11)14(15)16/h3-5H,1-2,6-8H2. The van der Waals surface area contributed by atoms with E-state index in [9.17, 15) is 10.1 Å². The number of likely N-dealkylation sites (tertiary alicyclic amines) is 1. The number of hydrogen-bond acceptors (Lipinski definition) is 3. The zero-order chi connectivity index (χ0) is 11.5. The Kier molecular flexibility index (Phi) is 3.56. The van der Waals surface area contributed by atoms with Crippen LogP contribution in [0.5, 0.6) is 0 Å². The fourth-order valence-electron chi connectivity index (χ4n) is 2.01. The first kappa shape index (κ1) is 11.5. The van der Waals surface area contributed by atoms with Crippen LogP contribution in [0.1, 0.15) is 18.4 Å². The van der Waals surface area contributed by atoms with Crippen LogP contribution in [0.2, 0.25) is 0 Å². The van der Waals surface area contributed by atoms with Gasteiger partial charge in [-0.2, -0.15) is 0 Å². The smallest absolute Gasteiger partial charge is 0.283 e. The van der Waals surface area contributed by atoms with E-state index in [0.717, 1.165) is 25.2 Å². The Morgan fingerprint density at radius 2 is 2.06 bits per heavy atom. The summed E-state index contributed by atoms with van der Waals surface area (Å²) in [5.74, 6) is 0. The Labute approximate surface area is 103 Å². The minimum absolute atomic E-state index is 0.150.